The summed E-state index contributed by atoms with van der Waals surface area (Å²) in [5.41, 5.74) is 1.70. The van der Waals surface area contributed by atoms with E-state index in [9.17, 15) is 8.78 Å². The fraction of sp³-hybridized carbons (Fsp3) is 0.176. The Morgan fingerprint density at radius 1 is 1.22 bits per heavy atom. The standard InChI is InChI=1S/C17H18F2N2OS/c1-12(22-20)9-10-21-23-16-8-7-14(11-15(16)17(18)19)13-5-3-2-4-6-13/h2-9,11,17,21H,10,20H2,1H3/b12-9-. The van der Waals surface area contributed by atoms with Gasteiger partial charge in [0, 0.05) is 17.0 Å². The van der Waals surface area contributed by atoms with Crippen LogP contribution in [0.25, 0.3) is 11.1 Å². The summed E-state index contributed by atoms with van der Waals surface area (Å²) in [5.74, 6) is 5.56. The van der Waals surface area contributed by atoms with E-state index in [4.69, 9.17) is 5.90 Å². The van der Waals surface area contributed by atoms with Gasteiger partial charge in [-0.25, -0.2) is 8.78 Å². The third-order valence-electron chi connectivity index (χ3n) is 3.19. The Kier molecular flexibility index (Phi) is 6.58. The van der Waals surface area contributed by atoms with Gasteiger partial charge in [0.15, 0.2) is 0 Å². The van der Waals surface area contributed by atoms with E-state index in [0.717, 1.165) is 23.1 Å². The van der Waals surface area contributed by atoms with Crippen LogP contribution in [-0.4, -0.2) is 6.54 Å². The number of hydrogen-bond acceptors (Lipinski definition) is 4. The smallest absolute Gasteiger partial charge is 0.264 e. The van der Waals surface area contributed by atoms with Gasteiger partial charge >= 0.3 is 0 Å². The lowest BCUT2D eigenvalue weighted by Crippen LogP contribution is -2.06. The number of hydrogen-bond donors (Lipinski definition) is 2. The van der Waals surface area contributed by atoms with Crippen LogP contribution in [0.5, 0.6) is 0 Å². The van der Waals surface area contributed by atoms with Crippen LogP contribution in [0.1, 0.15) is 18.9 Å². The highest BCUT2D eigenvalue weighted by Crippen LogP contribution is 2.33. The zero-order valence-corrected chi connectivity index (χ0v) is 13.4. The van der Waals surface area contributed by atoms with Crippen molar-refractivity contribution in [2.24, 2.45) is 5.90 Å². The first kappa shape index (κ1) is 17.5. The first-order valence-electron chi connectivity index (χ1n) is 7.02. The van der Waals surface area contributed by atoms with Gasteiger partial charge in [-0.15, -0.1) is 0 Å². The van der Waals surface area contributed by atoms with Gasteiger partial charge in [0.25, 0.3) is 6.43 Å². The minimum Gasteiger partial charge on any atom is -0.417 e. The second-order valence-electron chi connectivity index (χ2n) is 4.80. The van der Waals surface area contributed by atoms with Crippen molar-refractivity contribution in [1.29, 1.82) is 0 Å². The lowest BCUT2D eigenvalue weighted by molar-refractivity contribution is 0.148. The van der Waals surface area contributed by atoms with Crippen molar-refractivity contribution >= 4 is 11.9 Å². The number of allylic oxidation sites excluding steroid dienone is 1. The van der Waals surface area contributed by atoms with E-state index in [1.165, 1.54) is 6.07 Å². The molecule has 2 aromatic rings. The van der Waals surface area contributed by atoms with Gasteiger partial charge in [-0.3, -0.25) is 4.72 Å². The van der Waals surface area contributed by atoms with Crippen molar-refractivity contribution in [2.75, 3.05) is 6.54 Å². The van der Waals surface area contributed by atoms with Crippen LogP contribution >= 0.6 is 11.9 Å². The molecule has 0 fully saturated rings. The molecule has 0 amide bonds. The van der Waals surface area contributed by atoms with E-state index < -0.39 is 6.43 Å². The predicted molar refractivity (Wildman–Crippen MR) is 89.7 cm³/mol. The largest absolute Gasteiger partial charge is 0.417 e. The second-order valence-corrected chi connectivity index (χ2v) is 5.74. The maximum absolute atomic E-state index is 13.3. The molecule has 0 saturated carbocycles. The van der Waals surface area contributed by atoms with Gasteiger partial charge in [0.1, 0.15) is 5.76 Å². The monoisotopic (exact) mass is 336 g/mol. The van der Waals surface area contributed by atoms with Crippen molar-refractivity contribution in [3.8, 4) is 11.1 Å². The number of nitrogens with one attached hydrogen (secondary N) is 1. The third kappa shape index (κ3) is 5.06. The Morgan fingerprint density at radius 3 is 2.61 bits per heavy atom. The predicted octanol–water partition coefficient (Wildman–Crippen LogP) is 4.68. The Labute approximate surface area is 138 Å². The topological polar surface area (TPSA) is 47.3 Å². The molecule has 0 radical (unpaired) electrons. The van der Waals surface area contributed by atoms with E-state index in [1.807, 2.05) is 36.4 Å². The van der Waals surface area contributed by atoms with Crippen molar-refractivity contribution in [3.63, 3.8) is 0 Å². The Hall–Kier alpha value is -1.89. The molecule has 0 aromatic heterocycles. The molecular weight excluding hydrogens is 318 g/mol. The third-order valence-corrected chi connectivity index (χ3v) is 4.10. The molecule has 0 saturated heterocycles. The Balaban J connectivity index is 2.14. The number of nitrogens with two attached hydrogens (primary N) is 1. The van der Waals surface area contributed by atoms with Crippen LogP contribution in [-0.2, 0) is 4.84 Å². The van der Waals surface area contributed by atoms with Gasteiger partial charge in [0.05, 0.1) is 0 Å². The summed E-state index contributed by atoms with van der Waals surface area (Å²) in [4.78, 5) is 5.02. The molecule has 6 heteroatoms. The molecule has 0 spiro atoms. The summed E-state index contributed by atoms with van der Waals surface area (Å²) in [6, 6.07) is 14.5. The van der Waals surface area contributed by atoms with E-state index in [2.05, 4.69) is 9.56 Å². The zero-order chi connectivity index (χ0) is 16.7. The highest BCUT2D eigenvalue weighted by atomic mass is 32.2. The number of rotatable bonds is 7. The molecular formula is C17H18F2N2OS. The summed E-state index contributed by atoms with van der Waals surface area (Å²) in [5, 5.41) is 0. The second kappa shape index (κ2) is 8.67. The van der Waals surface area contributed by atoms with Crippen LogP contribution in [0.3, 0.4) is 0 Å². The first-order chi connectivity index (χ1) is 11.1. The highest BCUT2D eigenvalue weighted by Gasteiger charge is 2.14. The van der Waals surface area contributed by atoms with Crippen LogP contribution in [0.15, 0.2) is 65.3 Å². The molecule has 3 N–H and O–H groups in total. The van der Waals surface area contributed by atoms with E-state index in [-0.39, 0.29) is 5.56 Å². The maximum atomic E-state index is 13.3. The van der Waals surface area contributed by atoms with E-state index in [0.29, 0.717) is 17.2 Å². The van der Waals surface area contributed by atoms with Crippen LogP contribution < -0.4 is 10.6 Å². The SMILES string of the molecule is C/C(=C/CNSc1ccc(-c2ccccc2)cc1C(F)F)ON. The van der Waals surface area contributed by atoms with Gasteiger partial charge in [-0.2, -0.15) is 5.90 Å². The summed E-state index contributed by atoms with van der Waals surface area (Å²) >= 11 is 1.16. The molecule has 0 unspecified atom stereocenters. The average molecular weight is 336 g/mol. The minimum absolute atomic E-state index is 0.0135. The van der Waals surface area contributed by atoms with Crippen LogP contribution in [0, 0.1) is 0 Å². The number of halogens is 2. The lowest BCUT2D eigenvalue weighted by atomic mass is 10.0. The highest BCUT2D eigenvalue weighted by molar-refractivity contribution is 7.97. The van der Waals surface area contributed by atoms with Crippen molar-refractivity contribution in [1.82, 2.24) is 4.72 Å². The lowest BCUT2D eigenvalue weighted by Gasteiger charge is -2.11. The van der Waals surface area contributed by atoms with E-state index in [1.54, 1.807) is 19.1 Å². The van der Waals surface area contributed by atoms with Crippen LogP contribution in [0.2, 0.25) is 0 Å². The molecule has 0 aliphatic heterocycles. The quantitative estimate of drug-likeness (QED) is 0.333. The minimum atomic E-state index is -2.53. The molecule has 0 heterocycles. The van der Waals surface area contributed by atoms with Crippen molar-refractivity contribution in [2.45, 2.75) is 18.2 Å². The molecule has 2 aromatic carbocycles. The van der Waals surface area contributed by atoms with Crippen molar-refractivity contribution in [3.05, 3.63) is 65.9 Å². The molecule has 122 valence electrons. The fourth-order valence-electron chi connectivity index (χ4n) is 1.98. The number of benzene rings is 2. The first-order valence-corrected chi connectivity index (χ1v) is 7.84. The van der Waals surface area contributed by atoms with Gasteiger partial charge in [-0.05, 0) is 48.2 Å². The zero-order valence-electron chi connectivity index (χ0n) is 12.6. The summed E-state index contributed by atoms with van der Waals surface area (Å²) < 4.78 is 29.6. The van der Waals surface area contributed by atoms with Gasteiger partial charge in [0.2, 0.25) is 0 Å². The Bertz CT molecular complexity index is 663. The number of alkyl halides is 2. The summed E-state index contributed by atoms with van der Waals surface area (Å²) in [7, 11) is 0. The molecule has 0 bridgehead atoms. The van der Waals surface area contributed by atoms with E-state index >= 15 is 0 Å². The fourth-order valence-corrected chi connectivity index (χ4v) is 2.70. The molecule has 0 aliphatic carbocycles. The summed E-state index contributed by atoms with van der Waals surface area (Å²) in [6.45, 7) is 2.17. The normalized spacial score (nSPS) is 11.8. The Morgan fingerprint density at radius 2 is 1.96 bits per heavy atom. The van der Waals surface area contributed by atoms with Gasteiger partial charge in [-0.1, -0.05) is 36.4 Å². The molecule has 3 nitrogen and oxygen atoms in total. The molecule has 23 heavy (non-hydrogen) atoms. The summed E-state index contributed by atoms with van der Waals surface area (Å²) in [6.07, 6.45) is -0.805. The maximum Gasteiger partial charge on any atom is 0.264 e. The molecule has 2 rings (SSSR count). The molecule has 0 aliphatic rings. The van der Waals surface area contributed by atoms with Crippen molar-refractivity contribution < 1.29 is 13.6 Å². The average Bonchev–Trinajstić information content (AvgIpc) is 2.59. The van der Waals surface area contributed by atoms with Gasteiger partial charge < -0.3 is 4.84 Å². The molecule has 0 atom stereocenters. The van der Waals surface area contributed by atoms with Crippen LogP contribution in [0.4, 0.5) is 8.78 Å².